The summed E-state index contributed by atoms with van der Waals surface area (Å²) in [7, 11) is 0. The lowest BCUT2D eigenvalue weighted by Crippen LogP contribution is -1.84. The third kappa shape index (κ3) is 1.72. The van der Waals surface area contributed by atoms with Crippen LogP contribution in [0, 0.1) is 0 Å². The highest BCUT2D eigenvalue weighted by atomic mass is 16.3. The molecular weight excluding hydrogens is 212 g/mol. The number of hydrogen-bond acceptors (Lipinski definition) is 3. The van der Waals surface area contributed by atoms with E-state index in [1.807, 2.05) is 30.3 Å². The number of para-hydroxylation sites is 1. The zero-order chi connectivity index (χ0) is 11.7. The molecule has 0 amide bonds. The largest absolute Gasteiger partial charge is 0.507 e. The van der Waals surface area contributed by atoms with E-state index in [1.165, 1.54) is 0 Å². The minimum Gasteiger partial charge on any atom is -0.507 e. The van der Waals surface area contributed by atoms with E-state index >= 15 is 0 Å². The highest BCUT2D eigenvalue weighted by molar-refractivity contribution is 5.82. The summed E-state index contributed by atoms with van der Waals surface area (Å²) in [6, 6.07) is 13.0. The molecule has 1 aromatic heterocycles. The number of hydrogen-bond donors (Lipinski definition) is 1. The van der Waals surface area contributed by atoms with Crippen LogP contribution >= 0.6 is 0 Å². The lowest BCUT2D eigenvalue weighted by molar-refractivity contribution is 0.477. The zero-order valence-electron chi connectivity index (χ0n) is 9.04. The summed E-state index contributed by atoms with van der Waals surface area (Å²) in [4.78, 5) is 8.47. The average Bonchev–Trinajstić information content (AvgIpc) is 2.39. The molecule has 0 aliphatic heterocycles. The lowest BCUT2D eigenvalue weighted by atomic mass is 10.0. The standard InChI is InChI=1S/C14H10N2O/c17-14-4-2-1-3-11(14)10-5-6-12-13(9-10)16-8-7-15-12/h1-9,17H. The molecule has 3 nitrogen and oxygen atoms in total. The molecule has 0 aliphatic rings. The van der Waals surface area contributed by atoms with Gasteiger partial charge < -0.3 is 5.11 Å². The summed E-state index contributed by atoms with van der Waals surface area (Å²) in [5.41, 5.74) is 3.43. The SMILES string of the molecule is Oc1ccccc1-c1ccc2nccnc2c1. The maximum absolute atomic E-state index is 9.80. The summed E-state index contributed by atoms with van der Waals surface area (Å²) in [5.74, 6) is 0.274. The molecule has 0 radical (unpaired) electrons. The van der Waals surface area contributed by atoms with Gasteiger partial charge in [-0.05, 0) is 23.8 Å². The average molecular weight is 222 g/mol. The molecule has 1 heterocycles. The Kier molecular flexibility index (Phi) is 2.22. The third-order valence-electron chi connectivity index (χ3n) is 2.68. The predicted octanol–water partition coefficient (Wildman–Crippen LogP) is 3.00. The highest BCUT2D eigenvalue weighted by Crippen LogP contribution is 2.29. The molecule has 0 saturated carbocycles. The van der Waals surface area contributed by atoms with Crippen molar-refractivity contribution in [2.45, 2.75) is 0 Å². The number of aromatic nitrogens is 2. The summed E-state index contributed by atoms with van der Waals surface area (Å²) < 4.78 is 0. The Morgan fingerprint density at radius 2 is 1.59 bits per heavy atom. The molecule has 17 heavy (non-hydrogen) atoms. The Hall–Kier alpha value is -2.42. The van der Waals surface area contributed by atoms with Gasteiger partial charge in [-0.1, -0.05) is 24.3 Å². The van der Waals surface area contributed by atoms with Gasteiger partial charge in [0.25, 0.3) is 0 Å². The molecule has 0 atom stereocenters. The van der Waals surface area contributed by atoms with Crippen LogP contribution in [0.2, 0.25) is 0 Å². The van der Waals surface area contributed by atoms with Crippen molar-refractivity contribution in [2.75, 3.05) is 0 Å². The Bertz CT molecular complexity index is 680. The van der Waals surface area contributed by atoms with Crippen LogP contribution in [0.15, 0.2) is 54.9 Å². The van der Waals surface area contributed by atoms with E-state index in [0.717, 1.165) is 22.2 Å². The van der Waals surface area contributed by atoms with Crippen LogP contribution in [0.25, 0.3) is 22.2 Å². The smallest absolute Gasteiger partial charge is 0.123 e. The van der Waals surface area contributed by atoms with E-state index < -0.39 is 0 Å². The van der Waals surface area contributed by atoms with Gasteiger partial charge in [0, 0.05) is 18.0 Å². The van der Waals surface area contributed by atoms with Crippen molar-refractivity contribution in [3.63, 3.8) is 0 Å². The maximum Gasteiger partial charge on any atom is 0.123 e. The van der Waals surface area contributed by atoms with E-state index in [2.05, 4.69) is 9.97 Å². The minimum absolute atomic E-state index is 0.274. The van der Waals surface area contributed by atoms with Crippen molar-refractivity contribution in [1.29, 1.82) is 0 Å². The van der Waals surface area contributed by atoms with Gasteiger partial charge in [-0.3, -0.25) is 9.97 Å². The number of benzene rings is 2. The maximum atomic E-state index is 9.80. The number of nitrogens with zero attached hydrogens (tertiary/aromatic N) is 2. The lowest BCUT2D eigenvalue weighted by Gasteiger charge is -2.05. The number of fused-ring (bicyclic) bond motifs is 1. The van der Waals surface area contributed by atoms with Gasteiger partial charge in [-0.15, -0.1) is 0 Å². The van der Waals surface area contributed by atoms with Crippen molar-refractivity contribution in [3.8, 4) is 16.9 Å². The number of phenolic OH excluding ortho intramolecular Hbond substituents is 1. The normalized spacial score (nSPS) is 10.6. The summed E-state index contributed by atoms with van der Waals surface area (Å²) in [6.07, 6.45) is 3.33. The summed E-state index contributed by atoms with van der Waals surface area (Å²) in [6.45, 7) is 0. The van der Waals surface area contributed by atoms with Gasteiger partial charge in [-0.25, -0.2) is 0 Å². The first-order valence-electron chi connectivity index (χ1n) is 5.34. The van der Waals surface area contributed by atoms with Gasteiger partial charge >= 0.3 is 0 Å². The quantitative estimate of drug-likeness (QED) is 0.688. The van der Waals surface area contributed by atoms with Crippen LogP contribution in [0.5, 0.6) is 5.75 Å². The van der Waals surface area contributed by atoms with Crippen LogP contribution in [-0.2, 0) is 0 Å². The van der Waals surface area contributed by atoms with Gasteiger partial charge in [-0.2, -0.15) is 0 Å². The molecule has 3 heteroatoms. The van der Waals surface area contributed by atoms with Gasteiger partial charge in [0.1, 0.15) is 5.75 Å². The number of aromatic hydroxyl groups is 1. The molecule has 82 valence electrons. The predicted molar refractivity (Wildman–Crippen MR) is 66.6 cm³/mol. The first-order valence-corrected chi connectivity index (χ1v) is 5.34. The van der Waals surface area contributed by atoms with E-state index in [4.69, 9.17) is 0 Å². The second-order valence-electron chi connectivity index (χ2n) is 3.78. The van der Waals surface area contributed by atoms with E-state index in [-0.39, 0.29) is 5.75 Å². The molecule has 0 unspecified atom stereocenters. The van der Waals surface area contributed by atoms with Crippen LogP contribution in [-0.4, -0.2) is 15.1 Å². The molecular formula is C14H10N2O. The number of phenols is 1. The molecule has 0 saturated heterocycles. The molecule has 0 fully saturated rings. The first kappa shape index (κ1) is 9.78. The molecule has 3 aromatic rings. The molecule has 0 spiro atoms. The van der Waals surface area contributed by atoms with Crippen molar-refractivity contribution < 1.29 is 5.11 Å². The number of rotatable bonds is 1. The van der Waals surface area contributed by atoms with Crippen LogP contribution in [0.4, 0.5) is 0 Å². The first-order chi connectivity index (χ1) is 8.34. The van der Waals surface area contributed by atoms with Gasteiger partial charge in [0.2, 0.25) is 0 Å². The second kappa shape index (κ2) is 3.87. The van der Waals surface area contributed by atoms with Crippen molar-refractivity contribution >= 4 is 11.0 Å². The monoisotopic (exact) mass is 222 g/mol. The molecule has 0 bridgehead atoms. The Balaban J connectivity index is 2.22. The Morgan fingerprint density at radius 3 is 2.41 bits per heavy atom. The van der Waals surface area contributed by atoms with Crippen LogP contribution in [0.3, 0.4) is 0 Å². The molecule has 3 rings (SSSR count). The molecule has 0 aliphatic carbocycles. The van der Waals surface area contributed by atoms with Crippen molar-refractivity contribution in [2.24, 2.45) is 0 Å². The summed E-state index contributed by atoms with van der Waals surface area (Å²) in [5, 5.41) is 9.80. The fourth-order valence-electron chi connectivity index (χ4n) is 1.85. The topological polar surface area (TPSA) is 46.0 Å². The van der Waals surface area contributed by atoms with Crippen LogP contribution in [0.1, 0.15) is 0 Å². The molecule has 2 aromatic carbocycles. The van der Waals surface area contributed by atoms with E-state index in [1.54, 1.807) is 24.5 Å². The van der Waals surface area contributed by atoms with Crippen LogP contribution < -0.4 is 0 Å². The fourth-order valence-corrected chi connectivity index (χ4v) is 1.85. The molecule has 1 N–H and O–H groups in total. The van der Waals surface area contributed by atoms with Crippen molar-refractivity contribution in [3.05, 3.63) is 54.9 Å². The van der Waals surface area contributed by atoms with Gasteiger partial charge in [0.15, 0.2) is 0 Å². The van der Waals surface area contributed by atoms with Crippen molar-refractivity contribution in [1.82, 2.24) is 9.97 Å². The second-order valence-corrected chi connectivity index (χ2v) is 3.78. The van der Waals surface area contributed by atoms with Gasteiger partial charge in [0.05, 0.1) is 11.0 Å². The zero-order valence-corrected chi connectivity index (χ0v) is 9.04. The van der Waals surface area contributed by atoms with E-state index in [9.17, 15) is 5.11 Å². The highest BCUT2D eigenvalue weighted by Gasteiger charge is 2.04. The Labute approximate surface area is 98.4 Å². The minimum atomic E-state index is 0.274. The summed E-state index contributed by atoms with van der Waals surface area (Å²) >= 11 is 0. The third-order valence-corrected chi connectivity index (χ3v) is 2.68. The van der Waals surface area contributed by atoms with E-state index in [0.29, 0.717) is 0 Å². The Morgan fingerprint density at radius 1 is 0.824 bits per heavy atom. The fraction of sp³-hybridized carbons (Fsp3) is 0.